The van der Waals surface area contributed by atoms with Crippen LogP contribution in [0.4, 0.5) is 0 Å². The topological polar surface area (TPSA) is 72.4 Å². The highest BCUT2D eigenvalue weighted by Gasteiger charge is 2.42. The minimum absolute atomic E-state index is 0.0628. The second kappa shape index (κ2) is 8.50. The van der Waals surface area contributed by atoms with E-state index in [4.69, 9.17) is 4.74 Å². The summed E-state index contributed by atoms with van der Waals surface area (Å²) in [4.78, 5) is 26.5. The quantitative estimate of drug-likeness (QED) is 0.681. The zero-order valence-electron chi connectivity index (χ0n) is 18.1. The summed E-state index contributed by atoms with van der Waals surface area (Å²) < 4.78 is 7.61. The summed E-state index contributed by atoms with van der Waals surface area (Å²) in [5.74, 6) is 1.06. The number of benzene rings is 1. The molecule has 6 heteroatoms. The highest BCUT2D eigenvalue weighted by Crippen LogP contribution is 2.44. The lowest BCUT2D eigenvalue weighted by molar-refractivity contribution is 0.0772. The number of fused-ring (bicyclic) bond motifs is 1. The fourth-order valence-corrected chi connectivity index (χ4v) is 4.81. The predicted octanol–water partition coefficient (Wildman–Crippen LogP) is 3.82. The smallest absolute Gasteiger partial charge is 0.268 e. The maximum Gasteiger partial charge on any atom is 0.268 e. The summed E-state index contributed by atoms with van der Waals surface area (Å²) in [6.45, 7) is 3.56. The summed E-state index contributed by atoms with van der Waals surface area (Å²) in [5.41, 5.74) is 3.03. The van der Waals surface area contributed by atoms with Crippen LogP contribution in [0.25, 0.3) is 0 Å². The van der Waals surface area contributed by atoms with E-state index < -0.39 is 0 Å². The average Bonchev–Trinajstić information content (AvgIpc) is 3.73. The highest BCUT2D eigenvalue weighted by molar-refractivity contribution is 6.01. The molecule has 2 heterocycles. The van der Waals surface area contributed by atoms with Crippen LogP contribution in [0.5, 0.6) is 0 Å². The molecule has 1 atom stereocenters. The number of ether oxygens (including phenoxy) is 1. The van der Waals surface area contributed by atoms with Gasteiger partial charge < -0.3 is 19.9 Å². The fraction of sp³-hybridized carbons (Fsp3) is 0.520. The molecule has 0 saturated heterocycles. The molecule has 2 aliphatic carbocycles. The molecule has 0 radical (unpaired) electrons. The van der Waals surface area contributed by atoms with Gasteiger partial charge in [0.15, 0.2) is 0 Å². The van der Waals surface area contributed by atoms with Gasteiger partial charge in [0.25, 0.3) is 11.8 Å². The summed E-state index contributed by atoms with van der Waals surface area (Å²) >= 11 is 0. The molecular weight excluding hydrogens is 390 g/mol. The Balaban J connectivity index is 1.38. The highest BCUT2D eigenvalue weighted by atomic mass is 16.5. The number of nitrogens with zero attached hydrogens (tertiary/aromatic N) is 1. The van der Waals surface area contributed by atoms with E-state index in [-0.39, 0.29) is 23.9 Å². The normalized spacial score (nSPS) is 19.0. The van der Waals surface area contributed by atoms with Crippen molar-refractivity contribution in [2.45, 2.75) is 64.3 Å². The molecular formula is C25H31N3O3. The first-order chi connectivity index (χ1) is 15.2. The van der Waals surface area contributed by atoms with Crippen molar-refractivity contribution in [1.29, 1.82) is 0 Å². The van der Waals surface area contributed by atoms with E-state index in [1.807, 2.05) is 34.9 Å². The van der Waals surface area contributed by atoms with Crippen molar-refractivity contribution in [3.8, 4) is 0 Å². The van der Waals surface area contributed by atoms with Gasteiger partial charge in [-0.25, -0.2) is 0 Å². The van der Waals surface area contributed by atoms with Crippen LogP contribution in [0.3, 0.4) is 0 Å². The van der Waals surface area contributed by atoms with Crippen LogP contribution in [-0.4, -0.2) is 29.0 Å². The maximum absolute atomic E-state index is 13.2. The van der Waals surface area contributed by atoms with Crippen LogP contribution in [-0.2, 0) is 17.9 Å². The number of rotatable bonds is 8. The Labute approximate surface area is 183 Å². The fourth-order valence-electron chi connectivity index (χ4n) is 4.81. The van der Waals surface area contributed by atoms with E-state index in [0.717, 1.165) is 17.7 Å². The van der Waals surface area contributed by atoms with Crippen LogP contribution >= 0.6 is 0 Å². The molecule has 1 aromatic carbocycles. The van der Waals surface area contributed by atoms with Gasteiger partial charge in [0, 0.05) is 12.6 Å². The molecule has 0 bridgehead atoms. The Bertz CT molecular complexity index is 948. The molecule has 31 heavy (non-hydrogen) atoms. The molecule has 5 rings (SSSR count). The number of aromatic nitrogens is 1. The third-order valence-electron chi connectivity index (χ3n) is 6.86. The Morgan fingerprint density at radius 2 is 1.77 bits per heavy atom. The molecule has 2 fully saturated rings. The lowest BCUT2D eigenvalue weighted by Crippen LogP contribution is -2.38. The number of carbonyl (C=O) groups excluding carboxylic acids is 2. The summed E-state index contributed by atoms with van der Waals surface area (Å²) in [6.07, 6.45) is 5.64. The van der Waals surface area contributed by atoms with E-state index in [1.165, 1.54) is 25.7 Å². The minimum atomic E-state index is -0.140. The van der Waals surface area contributed by atoms with E-state index >= 15 is 0 Å². The molecule has 0 unspecified atom stereocenters. The maximum atomic E-state index is 13.2. The first-order valence-corrected chi connectivity index (χ1v) is 11.6. The van der Waals surface area contributed by atoms with Gasteiger partial charge in [-0.05, 0) is 55.6 Å². The van der Waals surface area contributed by atoms with Crippen molar-refractivity contribution in [2.24, 2.45) is 11.8 Å². The third kappa shape index (κ3) is 4.26. The van der Waals surface area contributed by atoms with Crippen molar-refractivity contribution >= 4 is 11.8 Å². The van der Waals surface area contributed by atoms with Crippen LogP contribution in [0, 0.1) is 11.8 Å². The van der Waals surface area contributed by atoms with Crippen LogP contribution < -0.4 is 10.6 Å². The number of carbonyl (C=O) groups is 2. The lowest BCUT2D eigenvalue weighted by Gasteiger charge is -2.22. The second-order valence-electron chi connectivity index (χ2n) is 9.11. The molecule has 2 amide bonds. The zero-order chi connectivity index (χ0) is 21.4. The van der Waals surface area contributed by atoms with Crippen molar-refractivity contribution in [3.05, 3.63) is 58.9 Å². The third-order valence-corrected chi connectivity index (χ3v) is 6.86. The minimum Gasteiger partial charge on any atom is -0.373 e. The van der Waals surface area contributed by atoms with Crippen LogP contribution in [0.15, 0.2) is 36.4 Å². The monoisotopic (exact) mass is 421 g/mol. The average molecular weight is 422 g/mol. The largest absolute Gasteiger partial charge is 0.373 e. The molecule has 1 aromatic heterocycles. The number of nitrogens with one attached hydrogen (secondary N) is 2. The molecule has 3 aliphatic rings. The molecule has 2 N–H and O–H groups in total. The van der Waals surface area contributed by atoms with Gasteiger partial charge >= 0.3 is 0 Å². The van der Waals surface area contributed by atoms with Gasteiger partial charge in [0.05, 0.1) is 30.5 Å². The Kier molecular flexibility index (Phi) is 5.57. The molecule has 1 aliphatic heterocycles. The number of hydrogen-bond acceptors (Lipinski definition) is 3. The molecule has 2 aromatic rings. The predicted molar refractivity (Wildman–Crippen MR) is 118 cm³/mol. The van der Waals surface area contributed by atoms with Crippen molar-refractivity contribution in [3.63, 3.8) is 0 Å². The molecule has 6 nitrogen and oxygen atoms in total. The lowest BCUT2D eigenvalue weighted by atomic mass is 10.0. The first-order valence-electron chi connectivity index (χ1n) is 11.6. The SMILES string of the molecule is CC[C@@H](NC(=O)c1cc(C(=O)NC(C2CC2)C2CC2)c2n1CCOC2)c1ccccc1. The van der Waals surface area contributed by atoms with Crippen molar-refractivity contribution in [1.82, 2.24) is 15.2 Å². The van der Waals surface area contributed by atoms with Crippen LogP contribution in [0.1, 0.15) is 77.2 Å². The van der Waals surface area contributed by atoms with E-state index in [2.05, 4.69) is 17.6 Å². The Morgan fingerprint density at radius 3 is 2.42 bits per heavy atom. The van der Waals surface area contributed by atoms with Crippen LogP contribution in [0.2, 0.25) is 0 Å². The van der Waals surface area contributed by atoms with Crippen molar-refractivity contribution < 1.29 is 14.3 Å². The number of hydrogen-bond donors (Lipinski definition) is 2. The Hall–Kier alpha value is -2.60. The summed E-state index contributed by atoms with van der Waals surface area (Å²) in [6, 6.07) is 12.0. The van der Waals surface area contributed by atoms with Crippen molar-refractivity contribution in [2.75, 3.05) is 6.61 Å². The second-order valence-corrected chi connectivity index (χ2v) is 9.11. The van der Waals surface area contributed by atoms with Gasteiger partial charge in [0.1, 0.15) is 5.69 Å². The van der Waals surface area contributed by atoms with E-state index in [0.29, 0.717) is 42.9 Å². The van der Waals surface area contributed by atoms with Gasteiger partial charge in [-0.3, -0.25) is 9.59 Å². The van der Waals surface area contributed by atoms with Gasteiger partial charge in [-0.15, -0.1) is 0 Å². The summed E-state index contributed by atoms with van der Waals surface area (Å²) in [5, 5.41) is 6.46. The van der Waals surface area contributed by atoms with E-state index in [9.17, 15) is 9.59 Å². The number of amides is 2. The molecule has 164 valence electrons. The zero-order valence-corrected chi connectivity index (χ0v) is 18.1. The molecule has 2 saturated carbocycles. The van der Waals surface area contributed by atoms with E-state index in [1.54, 1.807) is 6.07 Å². The summed E-state index contributed by atoms with van der Waals surface area (Å²) in [7, 11) is 0. The van der Waals surface area contributed by atoms with Gasteiger partial charge in [0.2, 0.25) is 0 Å². The van der Waals surface area contributed by atoms with Gasteiger partial charge in [-0.2, -0.15) is 0 Å². The first kappa shape index (κ1) is 20.3. The Morgan fingerprint density at radius 1 is 1.06 bits per heavy atom. The van der Waals surface area contributed by atoms with Gasteiger partial charge in [-0.1, -0.05) is 37.3 Å². The molecule has 0 spiro atoms. The standard InChI is InChI=1S/C25H31N3O3/c1-2-20(16-6-4-3-5-7-16)26-25(30)21-14-19(22-15-31-13-12-28(21)22)24(29)27-23(17-8-9-17)18-10-11-18/h3-7,14,17-18,20,23H,2,8-13,15H2,1H3,(H,26,30)(H,27,29)/t20-/m1/s1.